The fourth-order valence-electron chi connectivity index (χ4n) is 0.487. The van der Waals surface area contributed by atoms with Crippen LogP contribution in [0.4, 0.5) is 17.3 Å². The Morgan fingerprint density at radius 2 is 1.71 bits per heavy atom. The maximum atomic E-state index is 9.75. The number of hydrogen-bond donors (Lipinski definition) is 1. The van der Waals surface area contributed by atoms with E-state index in [0.29, 0.717) is 6.02 Å². The monoisotopic (exact) mass is 217 g/mol. The van der Waals surface area contributed by atoms with Crippen LogP contribution < -0.4 is 5.32 Å². The molecular weight excluding hydrogens is 203 g/mol. The Bertz CT molecular complexity index is 156. The van der Waals surface area contributed by atoms with Gasteiger partial charge in [0.15, 0.2) is 0 Å². The minimum atomic E-state index is -6.00. The van der Waals surface area contributed by atoms with Crippen molar-refractivity contribution in [2.45, 2.75) is 13.8 Å². The van der Waals surface area contributed by atoms with Crippen molar-refractivity contribution in [1.29, 1.82) is 0 Å². The van der Waals surface area contributed by atoms with Gasteiger partial charge >= 0.3 is 7.25 Å². The number of halogens is 4. The lowest BCUT2D eigenvalue weighted by Crippen LogP contribution is -2.24. The lowest BCUT2D eigenvalue weighted by molar-refractivity contribution is 0.368. The Kier molecular flexibility index (Phi) is 9.58. The molecule has 0 bridgehead atoms. The minimum absolute atomic E-state index is 0.625. The number of aliphatic imine (C=N–C) groups is 1. The highest BCUT2D eigenvalue weighted by Crippen LogP contribution is 2.06. The second-order valence-electron chi connectivity index (χ2n) is 2.01. The van der Waals surface area contributed by atoms with Crippen molar-refractivity contribution in [3.05, 3.63) is 0 Å². The second kappa shape index (κ2) is 8.64. The smallest absolute Gasteiger partial charge is 0.469 e. The highest BCUT2D eigenvalue weighted by molar-refractivity contribution is 6.50. The standard InChI is InChI=1S/C6H14N2O.BF4/c1-4-7-6(9-3)8-5-2;2-1(3,4)5/h4-5H2,1-3H3,(H,7,8);/q;-1. The van der Waals surface area contributed by atoms with Crippen LogP contribution in [0, 0.1) is 0 Å². The Morgan fingerprint density at radius 3 is 1.93 bits per heavy atom. The van der Waals surface area contributed by atoms with Crippen molar-refractivity contribution < 1.29 is 22.0 Å². The molecule has 14 heavy (non-hydrogen) atoms. The first-order valence-corrected chi connectivity index (χ1v) is 4.04. The van der Waals surface area contributed by atoms with Gasteiger partial charge in [0.1, 0.15) is 0 Å². The van der Waals surface area contributed by atoms with Gasteiger partial charge in [-0.05, 0) is 13.8 Å². The molecular formula is C6H14BF4N2O-. The predicted molar refractivity (Wildman–Crippen MR) is 48.8 cm³/mol. The molecule has 8 heteroatoms. The van der Waals surface area contributed by atoms with Crippen LogP contribution in [0.5, 0.6) is 0 Å². The molecule has 1 N–H and O–H groups in total. The number of nitrogens with one attached hydrogen (secondary N) is 1. The third-order valence-corrected chi connectivity index (χ3v) is 0.823. The van der Waals surface area contributed by atoms with Crippen LogP contribution in [0.25, 0.3) is 0 Å². The van der Waals surface area contributed by atoms with Crippen LogP contribution in [0.3, 0.4) is 0 Å². The van der Waals surface area contributed by atoms with E-state index in [4.69, 9.17) is 4.74 Å². The summed E-state index contributed by atoms with van der Waals surface area (Å²) in [6.45, 7) is 5.59. The summed E-state index contributed by atoms with van der Waals surface area (Å²) in [5.74, 6) is 0. The second-order valence-corrected chi connectivity index (χ2v) is 2.01. The first-order valence-electron chi connectivity index (χ1n) is 4.04. The molecule has 0 heterocycles. The Labute approximate surface area is 80.6 Å². The van der Waals surface area contributed by atoms with Gasteiger partial charge in [-0.15, -0.1) is 0 Å². The average Bonchev–Trinajstić information content (AvgIpc) is 2.01. The number of amidine groups is 1. The van der Waals surface area contributed by atoms with E-state index in [1.54, 1.807) is 7.11 Å². The van der Waals surface area contributed by atoms with Crippen LogP contribution in [0.15, 0.2) is 4.99 Å². The predicted octanol–water partition coefficient (Wildman–Crippen LogP) is 1.92. The van der Waals surface area contributed by atoms with Gasteiger partial charge in [0.25, 0.3) is 6.02 Å². The normalized spacial score (nSPS) is 11.5. The summed E-state index contributed by atoms with van der Waals surface area (Å²) in [6, 6.07) is 0.625. The number of methoxy groups -OCH3 is 1. The lowest BCUT2D eigenvalue weighted by Gasteiger charge is -2.03. The van der Waals surface area contributed by atoms with Gasteiger partial charge in [0.2, 0.25) is 0 Å². The van der Waals surface area contributed by atoms with E-state index in [1.165, 1.54) is 0 Å². The van der Waals surface area contributed by atoms with E-state index >= 15 is 0 Å². The van der Waals surface area contributed by atoms with E-state index in [0.717, 1.165) is 13.1 Å². The fourth-order valence-corrected chi connectivity index (χ4v) is 0.487. The van der Waals surface area contributed by atoms with Gasteiger partial charge in [-0.3, -0.25) is 0 Å². The SMILES string of the molecule is CCN=C(NCC)OC.F[B-](F)(F)F. The molecule has 0 aliphatic heterocycles. The van der Waals surface area contributed by atoms with Crippen LogP contribution in [0.1, 0.15) is 13.8 Å². The van der Waals surface area contributed by atoms with Crippen molar-refractivity contribution in [2.24, 2.45) is 4.99 Å². The summed E-state index contributed by atoms with van der Waals surface area (Å²) >= 11 is 0. The van der Waals surface area contributed by atoms with E-state index in [9.17, 15) is 17.3 Å². The summed E-state index contributed by atoms with van der Waals surface area (Å²) in [5.41, 5.74) is 0. The van der Waals surface area contributed by atoms with Crippen LogP contribution in [-0.4, -0.2) is 33.5 Å². The van der Waals surface area contributed by atoms with Gasteiger partial charge in [-0.25, -0.2) is 4.99 Å². The highest BCUT2D eigenvalue weighted by atomic mass is 19.5. The Balaban J connectivity index is 0. The molecule has 0 aliphatic rings. The molecule has 0 radical (unpaired) electrons. The van der Waals surface area contributed by atoms with Gasteiger partial charge in [-0.1, -0.05) is 0 Å². The van der Waals surface area contributed by atoms with Crippen molar-refractivity contribution in [1.82, 2.24) is 5.32 Å². The molecule has 0 aromatic heterocycles. The summed E-state index contributed by atoms with van der Waals surface area (Å²) < 4.78 is 43.9. The number of nitrogens with zero attached hydrogens (tertiary/aromatic N) is 1. The van der Waals surface area contributed by atoms with Crippen LogP contribution in [0.2, 0.25) is 0 Å². The van der Waals surface area contributed by atoms with Crippen LogP contribution in [-0.2, 0) is 4.74 Å². The highest BCUT2D eigenvalue weighted by Gasteiger charge is 2.20. The molecule has 0 aromatic rings. The van der Waals surface area contributed by atoms with Gasteiger partial charge in [-0.2, -0.15) is 0 Å². The van der Waals surface area contributed by atoms with Gasteiger partial charge in [0, 0.05) is 13.1 Å². The number of hydrogen-bond acceptors (Lipinski definition) is 2. The quantitative estimate of drug-likeness (QED) is 0.331. The van der Waals surface area contributed by atoms with Crippen molar-refractivity contribution in [2.75, 3.05) is 20.2 Å². The molecule has 0 rings (SSSR count). The molecule has 0 aromatic carbocycles. The average molecular weight is 217 g/mol. The molecule has 0 fully saturated rings. The van der Waals surface area contributed by atoms with E-state index < -0.39 is 7.25 Å². The third-order valence-electron chi connectivity index (χ3n) is 0.823. The molecule has 0 amide bonds. The van der Waals surface area contributed by atoms with Crippen LogP contribution >= 0.6 is 0 Å². The third kappa shape index (κ3) is 22.5. The first kappa shape index (κ1) is 15.5. The fraction of sp³-hybridized carbons (Fsp3) is 0.833. The molecule has 0 spiro atoms. The Hall–Kier alpha value is -0.945. The largest absolute Gasteiger partial charge is 0.673 e. The summed E-state index contributed by atoms with van der Waals surface area (Å²) in [6.07, 6.45) is 0. The molecule has 0 aliphatic carbocycles. The molecule has 0 atom stereocenters. The summed E-state index contributed by atoms with van der Waals surface area (Å²) in [5, 5.41) is 2.96. The number of rotatable bonds is 2. The van der Waals surface area contributed by atoms with Gasteiger partial charge in [0.05, 0.1) is 7.11 Å². The zero-order valence-electron chi connectivity index (χ0n) is 8.36. The molecule has 0 unspecified atom stereocenters. The molecule has 3 nitrogen and oxygen atoms in total. The zero-order valence-corrected chi connectivity index (χ0v) is 8.36. The van der Waals surface area contributed by atoms with E-state index in [1.807, 2.05) is 13.8 Å². The maximum absolute atomic E-state index is 9.75. The molecule has 86 valence electrons. The van der Waals surface area contributed by atoms with Gasteiger partial charge < -0.3 is 27.3 Å². The van der Waals surface area contributed by atoms with Crippen molar-refractivity contribution >= 4 is 13.3 Å². The number of ether oxygens (including phenoxy) is 1. The van der Waals surface area contributed by atoms with E-state index in [2.05, 4.69) is 10.3 Å². The maximum Gasteiger partial charge on any atom is 0.673 e. The lowest BCUT2D eigenvalue weighted by atomic mass is 10.3. The zero-order chi connectivity index (χ0) is 11.6. The summed E-state index contributed by atoms with van der Waals surface area (Å²) in [4.78, 5) is 4.02. The summed E-state index contributed by atoms with van der Waals surface area (Å²) in [7, 11) is -4.39. The Morgan fingerprint density at radius 1 is 1.29 bits per heavy atom. The van der Waals surface area contributed by atoms with Crippen molar-refractivity contribution in [3.8, 4) is 0 Å². The van der Waals surface area contributed by atoms with E-state index in [-0.39, 0.29) is 0 Å². The molecule has 0 saturated carbocycles. The minimum Gasteiger partial charge on any atom is -0.469 e. The molecule has 0 saturated heterocycles. The van der Waals surface area contributed by atoms with Crippen molar-refractivity contribution in [3.63, 3.8) is 0 Å². The first-order chi connectivity index (χ1) is 6.35. The topological polar surface area (TPSA) is 33.6 Å².